The molecule has 0 aliphatic heterocycles. The highest BCUT2D eigenvalue weighted by molar-refractivity contribution is 6.11. The highest BCUT2D eigenvalue weighted by Gasteiger charge is 2.18. The lowest BCUT2D eigenvalue weighted by Crippen LogP contribution is -2.17. The number of fused-ring (bicyclic) bond motifs is 2. The minimum atomic E-state index is -0.594. The first-order chi connectivity index (χ1) is 13.0. The summed E-state index contributed by atoms with van der Waals surface area (Å²) in [5, 5.41) is 22.7. The second kappa shape index (κ2) is 8.55. The summed E-state index contributed by atoms with van der Waals surface area (Å²) in [6, 6.07) is 12.0. The van der Waals surface area contributed by atoms with Gasteiger partial charge in [0.25, 0.3) is 0 Å². The van der Waals surface area contributed by atoms with E-state index >= 15 is 0 Å². The van der Waals surface area contributed by atoms with Crippen molar-refractivity contribution in [3.63, 3.8) is 0 Å². The van der Waals surface area contributed by atoms with E-state index in [9.17, 15) is 14.6 Å². The summed E-state index contributed by atoms with van der Waals surface area (Å²) < 4.78 is 25.9. The molecule has 27 heavy (non-hydrogen) atoms. The summed E-state index contributed by atoms with van der Waals surface area (Å²) in [6.45, 7) is 4.04. The molecule has 2 N–H and O–H groups in total. The number of rotatable bonds is 8. The van der Waals surface area contributed by atoms with Crippen molar-refractivity contribution in [2.45, 2.75) is 38.9 Å². The lowest BCUT2D eigenvalue weighted by Gasteiger charge is -2.19. The summed E-state index contributed by atoms with van der Waals surface area (Å²) in [5.41, 5.74) is 0. The Morgan fingerprint density at radius 1 is 0.778 bits per heavy atom. The molecule has 0 aromatic heterocycles. The third-order valence-electron chi connectivity index (χ3n) is 4.67. The molecule has 0 heterocycles. The van der Waals surface area contributed by atoms with E-state index in [1.807, 2.05) is 38.1 Å². The van der Waals surface area contributed by atoms with Crippen LogP contribution in [-0.4, -0.2) is 35.6 Å². The fraction of sp³-hybridized carbons (Fsp3) is 0.364. The molecule has 0 amide bonds. The Bertz CT molecular complexity index is 925. The number of benzene rings is 3. The first kappa shape index (κ1) is 19.4. The minimum absolute atomic E-state index is 0.126. The Morgan fingerprint density at radius 2 is 1.26 bits per heavy atom. The molecule has 3 aromatic carbocycles. The summed E-state index contributed by atoms with van der Waals surface area (Å²) >= 11 is 0. The lowest BCUT2D eigenvalue weighted by molar-refractivity contribution is 0.105. The second-order valence-corrected chi connectivity index (χ2v) is 6.64. The van der Waals surface area contributed by atoms with E-state index in [0.29, 0.717) is 35.1 Å². The van der Waals surface area contributed by atoms with Gasteiger partial charge in [-0.15, -0.1) is 0 Å². The van der Waals surface area contributed by atoms with Crippen molar-refractivity contribution in [3.05, 3.63) is 48.3 Å². The molecular weight excluding hydrogens is 347 g/mol. The van der Waals surface area contributed by atoms with Gasteiger partial charge in [-0.3, -0.25) is 0 Å². The van der Waals surface area contributed by atoms with Crippen molar-refractivity contribution in [1.29, 1.82) is 0 Å². The van der Waals surface area contributed by atoms with E-state index in [0.717, 1.165) is 10.8 Å². The number of aliphatic hydroxyl groups is 2. The lowest BCUT2D eigenvalue weighted by atomic mass is 10.00. The molecule has 2 atom stereocenters. The molecule has 144 valence electrons. The maximum atomic E-state index is 14.0. The van der Waals surface area contributed by atoms with Crippen LogP contribution in [0, 0.1) is 5.82 Å². The zero-order chi connectivity index (χ0) is 19.4. The van der Waals surface area contributed by atoms with Crippen LogP contribution in [-0.2, 0) is 0 Å². The van der Waals surface area contributed by atoms with Crippen molar-refractivity contribution < 1.29 is 24.1 Å². The molecular formula is C22H25FO4. The van der Waals surface area contributed by atoms with Gasteiger partial charge in [-0.2, -0.15) is 0 Å². The van der Waals surface area contributed by atoms with E-state index in [1.165, 1.54) is 12.1 Å². The molecule has 3 rings (SSSR count). The number of aliphatic hydroxyl groups excluding tert-OH is 2. The van der Waals surface area contributed by atoms with Crippen LogP contribution in [0.1, 0.15) is 26.7 Å². The van der Waals surface area contributed by atoms with Crippen molar-refractivity contribution in [1.82, 2.24) is 0 Å². The number of halogens is 1. The molecule has 0 radical (unpaired) electrons. The van der Waals surface area contributed by atoms with Gasteiger partial charge in [-0.1, -0.05) is 38.1 Å². The monoisotopic (exact) mass is 372 g/mol. The summed E-state index contributed by atoms with van der Waals surface area (Å²) in [4.78, 5) is 0. The van der Waals surface area contributed by atoms with Crippen LogP contribution in [0.5, 0.6) is 11.5 Å². The highest BCUT2D eigenvalue weighted by atomic mass is 19.1. The van der Waals surface area contributed by atoms with Crippen molar-refractivity contribution in [2.75, 3.05) is 13.2 Å². The molecule has 0 fully saturated rings. The number of hydrogen-bond acceptors (Lipinski definition) is 4. The zero-order valence-corrected chi connectivity index (χ0v) is 15.6. The standard InChI is InChI=1S/C22H25FO4/c1-3-15(24)12-26-21-17-7-5-6-8-18(17)22(27-13-16(25)4-2)20-11-14(23)9-10-19(20)21/h5-11,15-16,24-25H,3-4,12-13H2,1-2H3. The van der Waals surface area contributed by atoms with Gasteiger partial charge >= 0.3 is 0 Å². The summed E-state index contributed by atoms with van der Waals surface area (Å²) in [7, 11) is 0. The Labute approximate surface area is 158 Å². The van der Waals surface area contributed by atoms with Crippen molar-refractivity contribution in [3.8, 4) is 11.5 Å². The van der Waals surface area contributed by atoms with Gasteiger partial charge in [-0.25, -0.2) is 4.39 Å². The molecule has 0 spiro atoms. The maximum Gasteiger partial charge on any atom is 0.135 e. The highest BCUT2D eigenvalue weighted by Crippen LogP contribution is 2.43. The van der Waals surface area contributed by atoms with E-state index in [-0.39, 0.29) is 19.0 Å². The quantitative estimate of drug-likeness (QED) is 0.574. The van der Waals surface area contributed by atoms with E-state index < -0.39 is 12.2 Å². The van der Waals surface area contributed by atoms with E-state index in [2.05, 4.69) is 0 Å². The van der Waals surface area contributed by atoms with E-state index in [4.69, 9.17) is 9.47 Å². The SMILES string of the molecule is CCC(O)COc1c2ccccc2c(OCC(O)CC)c2cc(F)ccc12. The number of hydrogen-bond donors (Lipinski definition) is 2. The summed E-state index contributed by atoms with van der Waals surface area (Å²) in [5.74, 6) is 0.741. The van der Waals surface area contributed by atoms with Gasteiger partial charge in [0, 0.05) is 21.5 Å². The van der Waals surface area contributed by atoms with Gasteiger partial charge in [-0.05, 0) is 31.0 Å². The van der Waals surface area contributed by atoms with Gasteiger partial charge in [0.1, 0.15) is 30.5 Å². The fourth-order valence-electron chi connectivity index (χ4n) is 2.98. The van der Waals surface area contributed by atoms with Gasteiger partial charge in [0.15, 0.2) is 0 Å². The average Bonchev–Trinajstić information content (AvgIpc) is 2.69. The predicted octanol–water partition coefficient (Wildman–Crippen LogP) is 4.43. The van der Waals surface area contributed by atoms with Crippen LogP contribution in [0.2, 0.25) is 0 Å². The number of ether oxygens (including phenoxy) is 2. The third kappa shape index (κ3) is 4.15. The van der Waals surface area contributed by atoms with Crippen molar-refractivity contribution in [2.24, 2.45) is 0 Å². The molecule has 0 aliphatic rings. The predicted molar refractivity (Wildman–Crippen MR) is 105 cm³/mol. The Balaban J connectivity index is 2.19. The van der Waals surface area contributed by atoms with Gasteiger partial charge in [0.2, 0.25) is 0 Å². The molecule has 0 saturated heterocycles. The van der Waals surface area contributed by atoms with Crippen LogP contribution in [0.15, 0.2) is 42.5 Å². The zero-order valence-electron chi connectivity index (χ0n) is 15.6. The molecule has 5 heteroatoms. The van der Waals surface area contributed by atoms with Crippen LogP contribution in [0.4, 0.5) is 4.39 Å². The topological polar surface area (TPSA) is 58.9 Å². The normalized spacial score (nSPS) is 13.7. The molecule has 0 bridgehead atoms. The molecule has 2 unspecified atom stereocenters. The van der Waals surface area contributed by atoms with Gasteiger partial charge in [0.05, 0.1) is 12.2 Å². The molecule has 0 saturated carbocycles. The smallest absolute Gasteiger partial charge is 0.135 e. The second-order valence-electron chi connectivity index (χ2n) is 6.64. The minimum Gasteiger partial charge on any atom is -0.490 e. The van der Waals surface area contributed by atoms with E-state index in [1.54, 1.807) is 6.07 Å². The van der Waals surface area contributed by atoms with Crippen LogP contribution in [0.3, 0.4) is 0 Å². The average molecular weight is 372 g/mol. The molecule has 4 nitrogen and oxygen atoms in total. The summed E-state index contributed by atoms with van der Waals surface area (Å²) in [6.07, 6.45) is -0.0149. The first-order valence-corrected chi connectivity index (χ1v) is 9.30. The van der Waals surface area contributed by atoms with Crippen LogP contribution >= 0.6 is 0 Å². The molecule has 3 aromatic rings. The van der Waals surface area contributed by atoms with Gasteiger partial charge < -0.3 is 19.7 Å². The Morgan fingerprint density at radius 3 is 1.78 bits per heavy atom. The van der Waals surface area contributed by atoms with Crippen LogP contribution in [0.25, 0.3) is 21.5 Å². The fourth-order valence-corrected chi connectivity index (χ4v) is 2.98. The Hall–Kier alpha value is -2.37. The maximum absolute atomic E-state index is 14.0. The molecule has 0 aliphatic carbocycles. The van der Waals surface area contributed by atoms with Crippen LogP contribution < -0.4 is 9.47 Å². The largest absolute Gasteiger partial charge is 0.490 e. The third-order valence-corrected chi connectivity index (χ3v) is 4.67. The first-order valence-electron chi connectivity index (χ1n) is 9.30. The van der Waals surface area contributed by atoms with Crippen molar-refractivity contribution >= 4 is 21.5 Å². The Kier molecular flexibility index (Phi) is 6.14.